The van der Waals surface area contributed by atoms with Crippen molar-refractivity contribution in [2.45, 2.75) is 18.4 Å². The largest absolute Gasteiger partial charge is 0.477 e. The summed E-state index contributed by atoms with van der Waals surface area (Å²) in [7, 11) is 0. The second kappa shape index (κ2) is 4.51. The Morgan fingerprint density at radius 2 is 1.90 bits per heavy atom. The highest BCUT2D eigenvalue weighted by Gasteiger charge is 2.47. The minimum atomic E-state index is -1.31. The molecule has 1 aromatic carbocycles. The van der Waals surface area contributed by atoms with Gasteiger partial charge in [-0.1, -0.05) is 6.07 Å². The summed E-state index contributed by atoms with van der Waals surface area (Å²) in [6.45, 7) is 0. The fraction of sp³-hybridized carbons (Fsp3) is 0.200. The molecule has 1 aliphatic rings. The lowest BCUT2D eigenvalue weighted by Crippen LogP contribution is -2.34. The van der Waals surface area contributed by atoms with Gasteiger partial charge in [0.05, 0.1) is 5.54 Å². The number of halogens is 2. The normalized spacial score (nSPS) is 15.7. The number of carboxylic acids is 1. The fourth-order valence-corrected chi connectivity index (χ4v) is 2.57. The van der Waals surface area contributed by atoms with Crippen LogP contribution in [0.1, 0.15) is 28.8 Å². The van der Waals surface area contributed by atoms with Gasteiger partial charge in [-0.05, 0) is 42.7 Å². The predicted octanol–water partition coefficient (Wildman–Crippen LogP) is 2.36. The summed E-state index contributed by atoms with van der Waals surface area (Å²) in [4.78, 5) is 23.3. The summed E-state index contributed by atoms with van der Waals surface area (Å²) in [6, 6.07) is 6.18. The van der Waals surface area contributed by atoms with Crippen molar-refractivity contribution in [3.05, 3.63) is 69.6 Å². The molecule has 108 valence electrons. The summed E-state index contributed by atoms with van der Waals surface area (Å²) in [5.74, 6) is -3.25. The summed E-state index contributed by atoms with van der Waals surface area (Å²) >= 11 is 0. The van der Waals surface area contributed by atoms with Crippen molar-refractivity contribution < 1.29 is 18.7 Å². The molecule has 0 bridgehead atoms. The Labute approximate surface area is 118 Å². The van der Waals surface area contributed by atoms with Gasteiger partial charge in [0.2, 0.25) is 0 Å². The van der Waals surface area contributed by atoms with Crippen molar-refractivity contribution in [2.75, 3.05) is 0 Å². The Morgan fingerprint density at radius 3 is 2.48 bits per heavy atom. The molecule has 1 aromatic heterocycles. The molecule has 2 aromatic rings. The van der Waals surface area contributed by atoms with E-state index in [1.807, 2.05) is 0 Å². The van der Waals surface area contributed by atoms with E-state index in [0.717, 1.165) is 12.1 Å². The second-order valence-corrected chi connectivity index (χ2v) is 5.06. The van der Waals surface area contributed by atoms with Gasteiger partial charge >= 0.3 is 5.97 Å². The average molecular weight is 291 g/mol. The van der Waals surface area contributed by atoms with E-state index in [0.29, 0.717) is 18.4 Å². The summed E-state index contributed by atoms with van der Waals surface area (Å²) in [5.41, 5.74) is -1.30. The van der Waals surface area contributed by atoms with E-state index >= 15 is 0 Å². The van der Waals surface area contributed by atoms with Crippen LogP contribution < -0.4 is 5.56 Å². The van der Waals surface area contributed by atoms with E-state index in [-0.39, 0.29) is 5.56 Å². The van der Waals surface area contributed by atoms with Gasteiger partial charge in [0.1, 0.15) is 5.56 Å². The Morgan fingerprint density at radius 1 is 1.19 bits per heavy atom. The number of hydrogen-bond donors (Lipinski definition) is 1. The van der Waals surface area contributed by atoms with Crippen LogP contribution in [0, 0.1) is 11.6 Å². The zero-order chi connectivity index (χ0) is 15.2. The number of carbonyl (C=O) groups is 1. The lowest BCUT2D eigenvalue weighted by atomic mass is 10.0. The molecule has 0 unspecified atom stereocenters. The lowest BCUT2D eigenvalue weighted by Gasteiger charge is -2.20. The SMILES string of the molecule is O=C(O)c1cccn(C2(c3ccc(F)c(F)c3)CC2)c1=O. The molecule has 0 radical (unpaired) electrons. The van der Waals surface area contributed by atoms with Gasteiger partial charge in [-0.3, -0.25) is 4.79 Å². The maximum absolute atomic E-state index is 13.4. The van der Waals surface area contributed by atoms with Crippen molar-refractivity contribution in [3.63, 3.8) is 0 Å². The van der Waals surface area contributed by atoms with Gasteiger partial charge in [0.15, 0.2) is 11.6 Å². The van der Waals surface area contributed by atoms with Gasteiger partial charge in [0.25, 0.3) is 5.56 Å². The third-order valence-electron chi connectivity index (χ3n) is 3.82. The van der Waals surface area contributed by atoms with E-state index in [9.17, 15) is 18.4 Å². The van der Waals surface area contributed by atoms with Crippen LogP contribution in [0.15, 0.2) is 41.3 Å². The van der Waals surface area contributed by atoms with Crippen molar-refractivity contribution in [1.82, 2.24) is 4.57 Å². The molecule has 0 spiro atoms. The summed E-state index contributed by atoms with van der Waals surface area (Å²) in [5, 5.41) is 9.00. The highest BCUT2D eigenvalue weighted by atomic mass is 19.2. The standard InChI is InChI=1S/C15H11F2NO3/c16-11-4-3-9(8-12(11)17)15(5-6-15)18-7-1-2-10(13(18)19)14(20)21/h1-4,7-8H,5-6H2,(H,20,21). The first kappa shape index (κ1) is 13.5. The number of pyridine rings is 1. The molecule has 0 saturated heterocycles. The number of nitrogens with zero attached hydrogens (tertiary/aromatic N) is 1. The second-order valence-electron chi connectivity index (χ2n) is 5.06. The van der Waals surface area contributed by atoms with Crippen LogP contribution in [0.3, 0.4) is 0 Å². The monoisotopic (exact) mass is 291 g/mol. The van der Waals surface area contributed by atoms with Crippen LogP contribution in [-0.4, -0.2) is 15.6 Å². The Kier molecular flexibility index (Phi) is 2.90. The topological polar surface area (TPSA) is 59.3 Å². The van der Waals surface area contributed by atoms with Crippen molar-refractivity contribution in [1.29, 1.82) is 0 Å². The fourth-order valence-electron chi connectivity index (χ4n) is 2.57. The number of carboxylic acid groups (broad SMARTS) is 1. The van der Waals surface area contributed by atoms with E-state index in [1.54, 1.807) is 0 Å². The van der Waals surface area contributed by atoms with Gasteiger partial charge < -0.3 is 9.67 Å². The molecule has 4 nitrogen and oxygen atoms in total. The lowest BCUT2D eigenvalue weighted by molar-refractivity contribution is 0.0694. The molecule has 21 heavy (non-hydrogen) atoms. The molecular weight excluding hydrogens is 280 g/mol. The quantitative estimate of drug-likeness (QED) is 0.944. The van der Waals surface area contributed by atoms with Crippen LogP contribution in [0.25, 0.3) is 0 Å². The number of rotatable bonds is 3. The first-order chi connectivity index (χ1) is 9.95. The Hall–Kier alpha value is -2.50. The highest BCUT2D eigenvalue weighted by molar-refractivity contribution is 5.87. The minimum Gasteiger partial charge on any atom is -0.477 e. The molecule has 0 amide bonds. The molecule has 1 N–H and O–H groups in total. The molecular formula is C15H11F2NO3. The number of aromatic nitrogens is 1. The zero-order valence-corrected chi connectivity index (χ0v) is 10.8. The molecule has 3 rings (SSSR count). The van der Waals surface area contributed by atoms with Gasteiger partial charge in [-0.2, -0.15) is 0 Å². The van der Waals surface area contributed by atoms with Crippen molar-refractivity contribution in [2.24, 2.45) is 0 Å². The maximum Gasteiger partial charge on any atom is 0.341 e. The van der Waals surface area contributed by atoms with Crippen LogP contribution in [0.2, 0.25) is 0 Å². The molecule has 1 fully saturated rings. The third kappa shape index (κ3) is 2.03. The van der Waals surface area contributed by atoms with Crippen LogP contribution in [0.4, 0.5) is 8.78 Å². The molecule has 1 aliphatic carbocycles. The average Bonchev–Trinajstić information content (AvgIpc) is 3.23. The van der Waals surface area contributed by atoms with Gasteiger partial charge in [-0.15, -0.1) is 0 Å². The molecule has 0 atom stereocenters. The van der Waals surface area contributed by atoms with Crippen LogP contribution >= 0.6 is 0 Å². The molecule has 6 heteroatoms. The first-order valence-corrected chi connectivity index (χ1v) is 6.37. The molecule has 1 heterocycles. The van der Waals surface area contributed by atoms with Crippen LogP contribution in [-0.2, 0) is 5.54 Å². The summed E-state index contributed by atoms with van der Waals surface area (Å²) < 4.78 is 27.7. The van der Waals surface area contributed by atoms with E-state index in [1.165, 1.54) is 29.0 Å². The Balaban J connectivity index is 2.16. The third-order valence-corrected chi connectivity index (χ3v) is 3.82. The minimum absolute atomic E-state index is 0.341. The van der Waals surface area contributed by atoms with Crippen molar-refractivity contribution in [3.8, 4) is 0 Å². The van der Waals surface area contributed by atoms with Gasteiger partial charge in [-0.25, -0.2) is 13.6 Å². The van der Waals surface area contributed by atoms with Crippen LogP contribution in [0.5, 0.6) is 0 Å². The molecule has 0 aliphatic heterocycles. The molecule has 1 saturated carbocycles. The van der Waals surface area contributed by atoms with E-state index < -0.39 is 28.7 Å². The van der Waals surface area contributed by atoms with E-state index in [2.05, 4.69) is 0 Å². The number of benzene rings is 1. The van der Waals surface area contributed by atoms with E-state index in [4.69, 9.17) is 5.11 Å². The zero-order valence-electron chi connectivity index (χ0n) is 10.8. The Bertz CT molecular complexity index is 794. The first-order valence-electron chi connectivity index (χ1n) is 6.37. The number of aromatic carboxylic acids is 1. The number of hydrogen-bond acceptors (Lipinski definition) is 2. The van der Waals surface area contributed by atoms with Crippen molar-refractivity contribution >= 4 is 5.97 Å². The van der Waals surface area contributed by atoms with Gasteiger partial charge in [0, 0.05) is 6.20 Å². The predicted molar refractivity (Wildman–Crippen MR) is 70.3 cm³/mol. The smallest absolute Gasteiger partial charge is 0.341 e. The summed E-state index contributed by atoms with van der Waals surface area (Å²) in [6.07, 6.45) is 2.62. The maximum atomic E-state index is 13.4. The highest BCUT2D eigenvalue weighted by Crippen LogP contribution is 2.48.